The quantitative estimate of drug-likeness (QED) is 0.803. The smallest absolute Gasteiger partial charge is 0.0947 e. The molecule has 2 heterocycles. The number of anilines is 1. The number of nitrogens with zero attached hydrogens (tertiary/aromatic N) is 1. The van der Waals surface area contributed by atoms with Crippen LogP contribution in [0.3, 0.4) is 0 Å². The zero-order valence-corrected chi connectivity index (χ0v) is 9.73. The van der Waals surface area contributed by atoms with Gasteiger partial charge in [-0.15, -0.1) is 0 Å². The van der Waals surface area contributed by atoms with Gasteiger partial charge in [0.15, 0.2) is 0 Å². The zero-order chi connectivity index (χ0) is 11.7. The number of nitrogens with two attached hydrogens (primary N) is 1. The summed E-state index contributed by atoms with van der Waals surface area (Å²) in [6.07, 6.45) is 4.61. The van der Waals surface area contributed by atoms with Gasteiger partial charge in [-0.25, -0.2) is 0 Å². The lowest BCUT2D eigenvalue weighted by Crippen LogP contribution is -2.30. The van der Waals surface area contributed by atoms with E-state index in [1.807, 2.05) is 24.5 Å². The summed E-state index contributed by atoms with van der Waals surface area (Å²) in [5.74, 6) is 0. The van der Waals surface area contributed by atoms with Gasteiger partial charge >= 0.3 is 0 Å². The molecule has 1 aromatic carbocycles. The molecule has 3 rings (SSSR count). The number of furan rings is 1. The summed E-state index contributed by atoms with van der Waals surface area (Å²) in [5, 5.41) is 0. The Morgan fingerprint density at radius 3 is 3.06 bits per heavy atom. The van der Waals surface area contributed by atoms with Crippen molar-refractivity contribution in [2.24, 2.45) is 0 Å². The van der Waals surface area contributed by atoms with E-state index in [0.29, 0.717) is 0 Å². The van der Waals surface area contributed by atoms with Crippen molar-refractivity contribution < 1.29 is 4.42 Å². The first-order chi connectivity index (χ1) is 8.33. The SMILES string of the molecule is Nc1cccc2c1CN(Cc1ccoc1)CC2. The minimum Gasteiger partial charge on any atom is -0.472 e. The summed E-state index contributed by atoms with van der Waals surface area (Å²) in [4.78, 5) is 2.41. The fourth-order valence-electron chi connectivity index (χ4n) is 2.44. The minimum atomic E-state index is 0.916. The largest absolute Gasteiger partial charge is 0.472 e. The Labute approximate surface area is 101 Å². The molecule has 1 aliphatic heterocycles. The third-order valence-corrected chi connectivity index (χ3v) is 3.37. The molecule has 0 saturated carbocycles. The van der Waals surface area contributed by atoms with E-state index >= 15 is 0 Å². The van der Waals surface area contributed by atoms with E-state index < -0.39 is 0 Å². The van der Waals surface area contributed by atoms with Gasteiger partial charge in [-0.3, -0.25) is 4.90 Å². The Hall–Kier alpha value is -1.74. The molecule has 0 unspecified atom stereocenters. The number of rotatable bonds is 2. The van der Waals surface area contributed by atoms with Crippen LogP contribution < -0.4 is 5.73 Å². The predicted octanol–water partition coefficient (Wildman–Crippen LogP) is 2.42. The van der Waals surface area contributed by atoms with Gasteiger partial charge in [-0.05, 0) is 29.7 Å². The third-order valence-electron chi connectivity index (χ3n) is 3.37. The van der Waals surface area contributed by atoms with E-state index in [4.69, 9.17) is 10.2 Å². The number of fused-ring (bicyclic) bond motifs is 1. The molecule has 0 fully saturated rings. The van der Waals surface area contributed by atoms with E-state index in [-0.39, 0.29) is 0 Å². The molecule has 0 saturated heterocycles. The van der Waals surface area contributed by atoms with Crippen LogP contribution in [-0.4, -0.2) is 11.4 Å². The Morgan fingerprint density at radius 2 is 2.24 bits per heavy atom. The minimum absolute atomic E-state index is 0.916. The van der Waals surface area contributed by atoms with Gasteiger partial charge < -0.3 is 10.2 Å². The van der Waals surface area contributed by atoms with Crippen LogP contribution in [0.4, 0.5) is 5.69 Å². The fourth-order valence-corrected chi connectivity index (χ4v) is 2.44. The summed E-state index contributed by atoms with van der Waals surface area (Å²) in [6, 6.07) is 8.23. The van der Waals surface area contributed by atoms with Crippen molar-refractivity contribution in [1.29, 1.82) is 0 Å². The fraction of sp³-hybridized carbons (Fsp3) is 0.286. The second-order valence-electron chi connectivity index (χ2n) is 4.58. The molecule has 2 aromatic rings. The van der Waals surface area contributed by atoms with Gasteiger partial charge in [0, 0.05) is 30.9 Å². The maximum absolute atomic E-state index is 6.03. The molecule has 0 atom stereocenters. The molecule has 3 nitrogen and oxygen atoms in total. The van der Waals surface area contributed by atoms with Gasteiger partial charge in [-0.1, -0.05) is 12.1 Å². The highest BCUT2D eigenvalue weighted by Crippen LogP contribution is 2.25. The van der Waals surface area contributed by atoms with Crippen LogP contribution in [0.1, 0.15) is 16.7 Å². The Kier molecular flexibility index (Phi) is 2.61. The van der Waals surface area contributed by atoms with Crippen LogP contribution in [0, 0.1) is 0 Å². The van der Waals surface area contributed by atoms with Gasteiger partial charge in [0.05, 0.1) is 12.5 Å². The number of benzene rings is 1. The highest BCUT2D eigenvalue weighted by Gasteiger charge is 2.18. The van der Waals surface area contributed by atoms with Crippen LogP contribution in [0.5, 0.6) is 0 Å². The normalized spacial score (nSPS) is 15.8. The molecule has 0 bridgehead atoms. The van der Waals surface area contributed by atoms with E-state index in [2.05, 4.69) is 11.0 Å². The molecule has 1 aliphatic rings. The van der Waals surface area contributed by atoms with Gasteiger partial charge in [0.25, 0.3) is 0 Å². The average Bonchev–Trinajstić information content (AvgIpc) is 2.83. The Bertz CT molecular complexity index is 505. The molecule has 0 spiro atoms. The van der Waals surface area contributed by atoms with Crippen molar-refractivity contribution in [2.45, 2.75) is 19.5 Å². The molecular weight excluding hydrogens is 212 g/mol. The highest BCUT2D eigenvalue weighted by molar-refractivity contribution is 5.51. The predicted molar refractivity (Wildman–Crippen MR) is 67.4 cm³/mol. The second kappa shape index (κ2) is 4.26. The molecule has 1 aromatic heterocycles. The van der Waals surface area contributed by atoms with Gasteiger partial charge in [-0.2, -0.15) is 0 Å². The van der Waals surface area contributed by atoms with E-state index in [9.17, 15) is 0 Å². The van der Waals surface area contributed by atoms with Crippen molar-refractivity contribution in [1.82, 2.24) is 4.90 Å². The summed E-state index contributed by atoms with van der Waals surface area (Å²) in [6.45, 7) is 2.96. The average molecular weight is 228 g/mol. The molecule has 0 radical (unpaired) electrons. The topological polar surface area (TPSA) is 42.4 Å². The first kappa shape index (κ1) is 10.4. The Morgan fingerprint density at radius 1 is 1.29 bits per heavy atom. The molecular formula is C14H16N2O. The summed E-state index contributed by atoms with van der Waals surface area (Å²) in [5.41, 5.74) is 10.9. The molecule has 2 N–H and O–H groups in total. The van der Waals surface area contributed by atoms with Crippen LogP contribution >= 0.6 is 0 Å². The van der Waals surface area contributed by atoms with Crippen LogP contribution in [0.2, 0.25) is 0 Å². The standard InChI is InChI=1S/C14H16N2O/c15-14-3-1-2-12-4-6-16(9-13(12)14)8-11-5-7-17-10-11/h1-3,5,7,10H,4,6,8-9,15H2. The molecule has 0 amide bonds. The highest BCUT2D eigenvalue weighted by atomic mass is 16.3. The number of hydrogen-bond acceptors (Lipinski definition) is 3. The number of nitrogen functional groups attached to an aromatic ring is 1. The number of hydrogen-bond donors (Lipinski definition) is 1. The van der Waals surface area contributed by atoms with E-state index in [0.717, 1.165) is 31.7 Å². The van der Waals surface area contributed by atoms with Crippen molar-refractivity contribution in [3.8, 4) is 0 Å². The lowest BCUT2D eigenvalue weighted by molar-refractivity contribution is 0.245. The maximum Gasteiger partial charge on any atom is 0.0947 e. The lowest BCUT2D eigenvalue weighted by atomic mass is 9.98. The second-order valence-corrected chi connectivity index (χ2v) is 4.58. The van der Waals surface area contributed by atoms with Crippen molar-refractivity contribution in [3.05, 3.63) is 53.5 Å². The van der Waals surface area contributed by atoms with E-state index in [1.165, 1.54) is 16.7 Å². The maximum atomic E-state index is 6.03. The molecule has 17 heavy (non-hydrogen) atoms. The van der Waals surface area contributed by atoms with Gasteiger partial charge in [0.1, 0.15) is 0 Å². The van der Waals surface area contributed by atoms with Crippen molar-refractivity contribution in [3.63, 3.8) is 0 Å². The Balaban J connectivity index is 1.78. The van der Waals surface area contributed by atoms with Crippen molar-refractivity contribution >= 4 is 5.69 Å². The van der Waals surface area contributed by atoms with Crippen molar-refractivity contribution in [2.75, 3.05) is 12.3 Å². The molecule has 88 valence electrons. The van der Waals surface area contributed by atoms with Crippen LogP contribution in [0.25, 0.3) is 0 Å². The van der Waals surface area contributed by atoms with Crippen LogP contribution in [-0.2, 0) is 19.5 Å². The zero-order valence-electron chi connectivity index (χ0n) is 9.73. The summed E-state index contributed by atoms with van der Waals surface area (Å²) >= 11 is 0. The summed E-state index contributed by atoms with van der Waals surface area (Å²) in [7, 11) is 0. The first-order valence-corrected chi connectivity index (χ1v) is 5.92. The third kappa shape index (κ3) is 2.06. The summed E-state index contributed by atoms with van der Waals surface area (Å²) < 4.78 is 5.10. The first-order valence-electron chi connectivity index (χ1n) is 5.92. The van der Waals surface area contributed by atoms with Crippen LogP contribution in [0.15, 0.2) is 41.2 Å². The van der Waals surface area contributed by atoms with E-state index in [1.54, 1.807) is 6.26 Å². The molecule has 3 heteroatoms. The molecule has 0 aliphatic carbocycles. The monoisotopic (exact) mass is 228 g/mol. The lowest BCUT2D eigenvalue weighted by Gasteiger charge is -2.29. The van der Waals surface area contributed by atoms with Gasteiger partial charge in [0.2, 0.25) is 0 Å².